The molecule has 1 aromatic rings. The van der Waals surface area contributed by atoms with Crippen LogP contribution < -0.4 is 4.18 Å². The highest BCUT2D eigenvalue weighted by atomic mass is 32.2. The Kier molecular flexibility index (Phi) is 7.47. The van der Waals surface area contributed by atoms with E-state index >= 15 is 0 Å². The molecule has 0 radical (unpaired) electrons. The molecule has 1 atom stereocenters. The number of benzene rings is 1. The van der Waals surface area contributed by atoms with Crippen LogP contribution in [-0.4, -0.2) is 31.0 Å². The summed E-state index contributed by atoms with van der Waals surface area (Å²) >= 11 is 0. The zero-order valence-electron chi connectivity index (χ0n) is 16.2. The van der Waals surface area contributed by atoms with Gasteiger partial charge in [0, 0.05) is 19.0 Å². The fourth-order valence-corrected chi connectivity index (χ4v) is 2.88. The quantitative estimate of drug-likeness (QED) is 0.650. The molecule has 0 bridgehead atoms. The van der Waals surface area contributed by atoms with E-state index in [0.29, 0.717) is 13.0 Å². The van der Waals surface area contributed by atoms with Crippen molar-refractivity contribution in [2.24, 2.45) is 5.41 Å². The molecule has 0 aliphatic heterocycles. The van der Waals surface area contributed by atoms with Crippen LogP contribution in [0.25, 0.3) is 0 Å². The van der Waals surface area contributed by atoms with Crippen molar-refractivity contribution in [2.45, 2.75) is 67.0 Å². The molecule has 142 valence electrons. The van der Waals surface area contributed by atoms with Gasteiger partial charge >= 0.3 is 10.1 Å². The second-order valence-electron chi connectivity index (χ2n) is 7.59. The lowest BCUT2D eigenvalue weighted by Gasteiger charge is -2.31. The Hall–Kier alpha value is -1.56. The van der Waals surface area contributed by atoms with Crippen LogP contribution in [0.15, 0.2) is 24.3 Å². The van der Waals surface area contributed by atoms with E-state index in [1.165, 1.54) is 6.92 Å². The van der Waals surface area contributed by atoms with Gasteiger partial charge in [0.05, 0.1) is 5.75 Å². The Bertz CT molecular complexity index is 677. The maximum absolute atomic E-state index is 12.7. The van der Waals surface area contributed by atoms with Gasteiger partial charge < -0.3 is 9.08 Å². The zero-order chi connectivity index (χ0) is 19.3. The predicted molar refractivity (Wildman–Crippen MR) is 101 cm³/mol. The van der Waals surface area contributed by atoms with Crippen molar-refractivity contribution in [1.82, 2.24) is 4.90 Å². The highest BCUT2D eigenvalue weighted by Gasteiger charge is 2.24. The van der Waals surface area contributed by atoms with Gasteiger partial charge in [-0.3, -0.25) is 4.79 Å². The van der Waals surface area contributed by atoms with Gasteiger partial charge in [0.2, 0.25) is 5.91 Å². The van der Waals surface area contributed by atoms with Crippen LogP contribution in [0.5, 0.6) is 5.75 Å². The predicted octanol–water partition coefficient (Wildman–Crippen LogP) is 3.98. The summed E-state index contributed by atoms with van der Waals surface area (Å²) in [6.07, 6.45) is 1.33. The highest BCUT2D eigenvalue weighted by Crippen LogP contribution is 2.23. The maximum atomic E-state index is 12.7. The van der Waals surface area contributed by atoms with Crippen molar-refractivity contribution in [2.75, 3.05) is 5.75 Å². The van der Waals surface area contributed by atoms with Crippen LogP contribution in [0.2, 0.25) is 0 Å². The van der Waals surface area contributed by atoms with Crippen molar-refractivity contribution in [3.8, 4) is 5.75 Å². The molecule has 6 heteroatoms. The minimum atomic E-state index is -3.56. The molecule has 0 heterocycles. The van der Waals surface area contributed by atoms with E-state index in [1.54, 1.807) is 18.2 Å². The molecule has 0 aliphatic rings. The first kappa shape index (κ1) is 21.5. The van der Waals surface area contributed by atoms with Gasteiger partial charge in [-0.1, -0.05) is 39.8 Å². The summed E-state index contributed by atoms with van der Waals surface area (Å²) in [7, 11) is -3.56. The third-order valence-electron chi connectivity index (χ3n) is 3.95. The van der Waals surface area contributed by atoms with E-state index in [2.05, 4.69) is 6.92 Å². The first-order valence-corrected chi connectivity index (χ1v) is 10.4. The second-order valence-corrected chi connectivity index (χ2v) is 9.45. The third kappa shape index (κ3) is 7.46. The van der Waals surface area contributed by atoms with Crippen molar-refractivity contribution in [3.63, 3.8) is 0 Å². The molecule has 0 unspecified atom stereocenters. The SMILES string of the molecule is CC[C@@H](C)N(Cc1cccc(OS(=O)(=O)CC)c1)C(=O)CC(C)(C)C. The Labute approximate surface area is 152 Å². The van der Waals surface area contributed by atoms with Gasteiger partial charge in [0.15, 0.2) is 0 Å². The summed E-state index contributed by atoms with van der Waals surface area (Å²) in [6, 6.07) is 7.04. The molecule has 0 fully saturated rings. The average molecular weight is 370 g/mol. The van der Waals surface area contributed by atoms with E-state index in [9.17, 15) is 13.2 Å². The number of nitrogens with zero attached hydrogens (tertiary/aromatic N) is 1. The fraction of sp³-hybridized carbons (Fsp3) is 0.632. The number of hydrogen-bond acceptors (Lipinski definition) is 4. The molecule has 0 aliphatic carbocycles. The summed E-state index contributed by atoms with van der Waals surface area (Å²) in [6.45, 7) is 12.2. The minimum Gasteiger partial charge on any atom is -0.382 e. The van der Waals surface area contributed by atoms with Crippen LogP contribution in [-0.2, 0) is 21.5 Å². The first-order valence-electron chi connectivity index (χ1n) is 8.78. The molecule has 1 aromatic carbocycles. The lowest BCUT2D eigenvalue weighted by molar-refractivity contribution is -0.135. The van der Waals surface area contributed by atoms with Crippen LogP contribution in [0, 0.1) is 5.41 Å². The number of rotatable bonds is 8. The molecular formula is C19H31NO4S. The molecular weight excluding hydrogens is 338 g/mol. The topological polar surface area (TPSA) is 63.7 Å². The fourth-order valence-electron chi connectivity index (χ4n) is 2.36. The largest absolute Gasteiger partial charge is 0.382 e. The lowest BCUT2D eigenvalue weighted by atomic mass is 9.91. The summed E-state index contributed by atoms with van der Waals surface area (Å²) in [5.41, 5.74) is 0.773. The minimum absolute atomic E-state index is 0.0804. The average Bonchev–Trinajstić information content (AvgIpc) is 2.50. The van der Waals surface area contributed by atoms with Crippen LogP contribution in [0.4, 0.5) is 0 Å². The third-order valence-corrected chi connectivity index (χ3v) is 5.11. The second kappa shape index (κ2) is 8.70. The van der Waals surface area contributed by atoms with Crippen molar-refractivity contribution in [1.29, 1.82) is 0 Å². The highest BCUT2D eigenvalue weighted by molar-refractivity contribution is 7.87. The summed E-state index contributed by atoms with van der Waals surface area (Å²) in [5.74, 6) is 0.307. The number of hydrogen-bond donors (Lipinski definition) is 0. The van der Waals surface area contributed by atoms with E-state index in [0.717, 1.165) is 12.0 Å². The molecule has 0 saturated heterocycles. The summed E-state index contributed by atoms with van der Waals surface area (Å²) in [5, 5.41) is 0. The van der Waals surface area contributed by atoms with Gasteiger partial charge in [0.1, 0.15) is 5.75 Å². The van der Waals surface area contributed by atoms with E-state index in [4.69, 9.17) is 4.18 Å². The van der Waals surface area contributed by atoms with Gasteiger partial charge in [-0.15, -0.1) is 0 Å². The number of carbonyl (C=O) groups is 1. The Morgan fingerprint density at radius 2 is 1.88 bits per heavy atom. The van der Waals surface area contributed by atoms with Crippen molar-refractivity contribution in [3.05, 3.63) is 29.8 Å². The lowest BCUT2D eigenvalue weighted by Crippen LogP contribution is -2.39. The van der Waals surface area contributed by atoms with Gasteiger partial charge in [0.25, 0.3) is 0 Å². The summed E-state index contributed by atoms with van der Waals surface area (Å²) < 4.78 is 28.3. The van der Waals surface area contributed by atoms with E-state index in [1.807, 2.05) is 38.7 Å². The molecule has 5 nitrogen and oxygen atoms in total. The smallest absolute Gasteiger partial charge is 0.308 e. The van der Waals surface area contributed by atoms with Gasteiger partial charge in [-0.05, 0) is 43.4 Å². The van der Waals surface area contributed by atoms with Crippen LogP contribution >= 0.6 is 0 Å². The monoisotopic (exact) mass is 369 g/mol. The number of amides is 1. The maximum Gasteiger partial charge on any atom is 0.308 e. The molecule has 0 spiro atoms. The van der Waals surface area contributed by atoms with Crippen LogP contribution in [0.3, 0.4) is 0 Å². The molecule has 25 heavy (non-hydrogen) atoms. The normalized spacial score (nSPS) is 13.4. The molecule has 1 amide bonds. The Balaban J connectivity index is 2.99. The van der Waals surface area contributed by atoms with Crippen LogP contribution in [0.1, 0.15) is 59.9 Å². The van der Waals surface area contributed by atoms with Gasteiger partial charge in [-0.2, -0.15) is 8.42 Å². The molecule has 0 aromatic heterocycles. The zero-order valence-corrected chi connectivity index (χ0v) is 17.0. The first-order chi connectivity index (χ1) is 11.5. The molecule has 1 rings (SSSR count). The number of carbonyl (C=O) groups excluding carboxylic acids is 1. The molecule has 0 N–H and O–H groups in total. The summed E-state index contributed by atoms with van der Waals surface area (Å²) in [4.78, 5) is 14.6. The standard InChI is InChI=1S/C19H31NO4S/c1-7-15(3)20(18(21)13-19(4,5)6)14-16-10-9-11-17(12-16)24-25(22,23)8-2/h9-12,15H,7-8,13-14H2,1-6H3/t15-/m1/s1. The van der Waals surface area contributed by atoms with E-state index < -0.39 is 10.1 Å². The van der Waals surface area contributed by atoms with Crippen molar-refractivity contribution < 1.29 is 17.4 Å². The Morgan fingerprint density at radius 1 is 1.24 bits per heavy atom. The molecule has 0 saturated carbocycles. The van der Waals surface area contributed by atoms with Gasteiger partial charge in [-0.25, -0.2) is 0 Å². The van der Waals surface area contributed by atoms with Crippen molar-refractivity contribution >= 4 is 16.0 Å². The Morgan fingerprint density at radius 3 is 2.40 bits per heavy atom. The van der Waals surface area contributed by atoms with E-state index in [-0.39, 0.29) is 28.9 Å².